The van der Waals surface area contributed by atoms with Crippen LogP contribution in [0.5, 0.6) is 0 Å². The van der Waals surface area contributed by atoms with Crippen molar-refractivity contribution in [3.8, 4) is 0 Å². The van der Waals surface area contributed by atoms with Gasteiger partial charge in [-0.05, 0) is 54.2 Å². The summed E-state index contributed by atoms with van der Waals surface area (Å²) < 4.78 is 0. The molecule has 1 aromatic rings. The Balaban J connectivity index is 2.17. The Morgan fingerprint density at radius 2 is 1.45 bits per heavy atom. The van der Waals surface area contributed by atoms with E-state index in [9.17, 15) is 0 Å². The van der Waals surface area contributed by atoms with Crippen LogP contribution in [0.25, 0.3) is 0 Å². The maximum Gasteiger partial charge on any atom is 0.0366 e. The summed E-state index contributed by atoms with van der Waals surface area (Å²) in [6.45, 7) is 14.2. The fourth-order valence-electron chi connectivity index (χ4n) is 3.93. The van der Waals surface area contributed by atoms with Gasteiger partial charge in [0.1, 0.15) is 0 Å². The SMILES string of the molecule is CC(C)C(c1ccc(N2CCCCC2)cc1)C(C)(C)C. The highest BCUT2D eigenvalue weighted by Crippen LogP contribution is 2.41. The third-order valence-corrected chi connectivity index (χ3v) is 4.57. The summed E-state index contributed by atoms with van der Waals surface area (Å²) in [7, 11) is 0. The summed E-state index contributed by atoms with van der Waals surface area (Å²) in [4.78, 5) is 2.54. The summed E-state index contributed by atoms with van der Waals surface area (Å²) in [5.41, 5.74) is 3.22. The van der Waals surface area contributed by atoms with Gasteiger partial charge in [-0.2, -0.15) is 0 Å². The van der Waals surface area contributed by atoms with Crippen LogP contribution in [-0.4, -0.2) is 13.1 Å². The number of anilines is 1. The summed E-state index contributed by atoms with van der Waals surface area (Å²) in [6, 6.07) is 9.39. The minimum atomic E-state index is 0.320. The second-order valence-corrected chi connectivity index (χ2v) is 7.73. The zero-order chi connectivity index (χ0) is 14.8. The van der Waals surface area contributed by atoms with E-state index in [1.54, 1.807) is 0 Å². The Labute approximate surface area is 125 Å². The molecule has 20 heavy (non-hydrogen) atoms. The molecular weight excluding hydrogens is 242 g/mol. The lowest BCUT2D eigenvalue weighted by Gasteiger charge is -2.35. The van der Waals surface area contributed by atoms with E-state index >= 15 is 0 Å². The van der Waals surface area contributed by atoms with Gasteiger partial charge in [0.2, 0.25) is 0 Å². The highest BCUT2D eigenvalue weighted by molar-refractivity contribution is 5.48. The van der Waals surface area contributed by atoms with E-state index in [0.717, 1.165) is 0 Å². The van der Waals surface area contributed by atoms with Gasteiger partial charge in [0.05, 0.1) is 0 Å². The number of hydrogen-bond acceptors (Lipinski definition) is 1. The number of rotatable bonds is 3. The van der Waals surface area contributed by atoms with Gasteiger partial charge in [0, 0.05) is 18.8 Å². The third-order valence-electron chi connectivity index (χ3n) is 4.57. The predicted octanol–water partition coefficient (Wildman–Crippen LogP) is 5.46. The molecule has 1 nitrogen and oxygen atoms in total. The molecule has 0 aliphatic carbocycles. The Bertz CT molecular complexity index is 404. The van der Waals surface area contributed by atoms with Gasteiger partial charge in [-0.1, -0.05) is 46.8 Å². The number of benzene rings is 1. The first-order chi connectivity index (χ1) is 9.39. The molecule has 1 fully saturated rings. The molecule has 0 bridgehead atoms. The first kappa shape index (κ1) is 15.4. The van der Waals surface area contributed by atoms with Gasteiger partial charge in [-0.3, -0.25) is 0 Å². The van der Waals surface area contributed by atoms with Gasteiger partial charge in [0.25, 0.3) is 0 Å². The zero-order valence-electron chi connectivity index (χ0n) is 13.9. The van der Waals surface area contributed by atoms with Crippen molar-refractivity contribution in [2.24, 2.45) is 11.3 Å². The minimum absolute atomic E-state index is 0.320. The van der Waals surface area contributed by atoms with E-state index in [0.29, 0.717) is 17.3 Å². The van der Waals surface area contributed by atoms with E-state index in [4.69, 9.17) is 0 Å². The Hall–Kier alpha value is -0.980. The van der Waals surface area contributed by atoms with Crippen LogP contribution in [-0.2, 0) is 0 Å². The van der Waals surface area contributed by atoms with Crippen molar-refractivity contribution >= 4 is 5.69 Å². The highest BCUT2D eigenvalue weighted by atomic mass is 15.1. The first-order valence-corrected chi connectivity index (χ1v) is 8.24. The molecule has 0 amide bonds. The standard InChI is InChI=1S/C19H31N/c1-15(2)18(19(3,4)5)16-9-11-17(12-10-16)20-13-7-6-8-14-20/h9-12,15,18H,6-8,13-14H2,1-5H3. The molecule has 1 atom stereocenters. The normalized spacial score (nSPS) is 18.4. The number of hydrogen-bond donors (Lipinski definition) is 0. The quantitative estimate of drug-likeness (QED) is 0.706. The molecule has 112 valence electrons. The summed E-state index contributed by atoms with van der Waals surface area (Å²) >= 11 is 0. The van der Waals surface area contributed by atoms with Gasteiger partial charge in [0.15, 0.2) is 0 Å². The maximum absolute atomic E-state index is 2.54. The van der Waals surface area contributed by atoms with Gasteiger partial charge >= 0.3 is 0 Å². The van der Waals surface area contributed by atoms with Crippen LogP contribution in [0.4, 0.5) is 5.69 Å². The molecule has 0 spiro atoms. The molecule has 0 radical (unpaired) electrons. The van der Waals surface area contributed by atoms with E-state index in [1.807, 2.05) is 0 Å². The van der Waals surface area contributed by atoms with E-state index in [1.165, 1.54) is 43.6 Å². The van der Waals surface area contributed by atoms with E-state index in [2.05, 4.69) is 63.8 Å². The second-order valence-electron chi connectivity index (χ2n) is 7.73. The van der Waals surface area contributed by atoms with Crippen LogP contribution in [0.3, 0.4) is 0 Å². The fourth-order valence-corrected chi connectivity index (χ4v) is 3.93. The predicted molar refractivity (Wildman–Crippen MR) is 89.5 cm³/mol. The Morgan fingerprint density at radius 1 is 0.900 bits per heavy atom. The summed E-state index contributed by atoms with van der Waals surface area (Å²) in [5, 5.41) is 0. The van der Waals surface area contributed by atoms with Crippen molar-refractivity contribution in [3.63, 3.8) is 0 Å². The van der Waals surface area contributed by atoms with E-state index < -0.39 is 0 Å². The summed E-state index contributed by atoms with van der Waals surface area (Å²) in [5.74, 6) is 1.30. The van der Waals surface area contributed by atoms with Gasteiger partial charge in [-0.25, -0.2) is 0 Å². The second kappa shape index (κ2) is 6.20. The van der Waals surface area contributed by atoms with Crippen molar-refractivity contribution in [1.29, 1.82) is 0 Å². The lowest BCUT2D eigenvalue weighted by atomic mass is 9.70. The monoisotopic (exact) mass is 273 g/mol. The van der Waals surface area contributed by atoms with Crippen molar-refractivity contribution in [2.75, 3.05) is 18.0 Å². The Kier molecular flexibility index (Phi) is 4.78. The number of piperidine rings is 1. The lowest BCUT2D eigenvalue weighted by Crippen LogP contribution is -2.29. The molecule has 1 aromatic carbocycles. The zero-order valence-corrected chi connectivity index (χ0v) is 13.9. The van der Waals surface area contributed by atoms with Crippen LogP contribution in [0.1, 0.15) is 65.4 Å². The molecule has 1 unspecified atom stereocenters. The number of nitrogens with zero attached hydrogens (tertiary/aromatic N) is 1. The molecule has 1 aliphatic heterocycles. The molecule has 1 aliphatic rings. The van der Waals surface area contributed by atoms with Crippen LogP contribution in [0, 0.1) is 11.3 Å². The van der Waals surface area contributed by atoms with E-state index in [-0.39, 0.29) is 0 Å². The van der Waals surface area contributed by atoms with Gasteiger partial charge < -0.3 is 4.90 Å². The molecule has 0 saturated carbocycles. The smallest absolute Gasteiger partial charge is 0.0366 e. The van der Waals surface area contributed by atoms with Crippen LogP contribution in [0.2, 0.25) is 0 Å². The molecule has 1 saturated heterocycles. The van der Waals surface area contributed by atoms with Crippen LogP contribution >= 0.6 is 0 Å². The average molecular weight is 273 g/mol. The van der Waals surface area contributed by atoms with Crippen molar-refractivity contribution in [1.82, 2.24) is 0 Å². The Morgan fingerprint density at radius 3 is 1.90 bits per heavy atom. The first-order valence-electron chi connectivity index (χ1n) is 8.24. The molecule has 0 aromatic heterocycles. The van der Waals surface area contributed by atoms with Crippen molar-refractivity contribution in [3.05, 3.63) is 29.8 Å². The van der Waals surface area contributed by atoms with Crippen LogP contribution in [0.15, 0.2) is 24.3 Å². The molecule has 0 N–H and O–H groups in total. The molecule has 2 rings (SSSR count). The molecule has 1 heterocycles. The third kappa shape index (κ3) is 3.56. The van der Waals surface area contributed by atoms with Crippen molar-refractivity contribution < 1.29 is 0 Å². The fraction of sp³-hybridized carbons (Fsp3) is 0.684. The van der Waals surface area contributed by atoms with Crippen LogP contribution < -0.4 is 4.90 Å². The lowest BCUT2D eigenvalue weighted by molar-refractivity contribution is 0.258. The molecule has 1 heteroatoms. The van der Waals surface area contributed by atoms with Crippen molar-refractivity contribution in [2.45, 2.75) is 59.8 Å². The van der Waals surface area contributed by atoms with Gasteiger partial charge in [-0.15, -0.1) is 0 Å². The largest absolute Gasteiger partial charge is 0.372 e. The maximum atomic E-state index is 2.54. The highest BCUT2D eigenvalue weighted by Gasteiger charge is 2.28. The summed E-state index contributed by atoms with van der Waals surface area (Å²) in [6.07, 6.45) is 4.09. The molecular formula is C19H31N. The average Bonchev–Trinajstić information content (AvgIpc) is 2.38. The minimum Gasteiger partial charge on any atom is -0.372 e. The topological polar surface area (TPSA) is 3.24 Å².